The van der Waals surface area contributed by atoms with E-state index in [4.69, 9.17) is 0 Å². The fraction of sp³-hybridized carbons (Fsp3) is 0. The molecule has 5 heavy (non-hydrogen) atoms. The SMILES string of the molecule is C=C/C=C\P. The van der Waals surface area contributed by atoms with Crippen LogP contribution in [0.4, 0.5) is 0 Å². The van der Waals surface area contributed by atoms with E-state index in [2.05, 4.69) is 15.8 Å². The molecule has 0 aromatic heterocycles. The quantitative estimate of drug-likeness (QED) is 0.335. The second-order valence-corrected chi connectivity index (χ2v) is 1.01. The first-order valence-electron chi connectivity index (χ1n) is 1.41. The largest absolute Gasteiger partial charge is 0.114 e. The summed E-state index contributed by atoms with van der Waals surface area (Å²) in [6.07, 6.45) is 3.58. The molecular weight excluding hydrogens is 79.0 g/mol. The minimum Gasteiger partial charge on any atom is -0.114 e. The van der Waals surface area contributed by atoms with Crippen LogP contribution in [-0.4, -0.2) is 0 Å². The molecule has 0 amide bonds. The third-order valence-electron chi connectivity index (χ3n) is 0.247. The summed E-state index contributed by atoms with van der Waals surface area (Å²) >= 11 is 0. The van der Waals surface area contributed by atoms with Crippen LogP contribution in [0.3, 0.4) is 0 Å². The van der Waals surface area contributed by atoms with E-state index in [0.29, 0.717) is 0 Å². The summed E-state index contributed by atoms with van der Waals surface area (Å²) in [5.41, 5.74) is 0. The molecule has 0 saturated heterocycles. The van der Waals surface area contributed by atoms with Crippen molar-refractivity contribution in [3.63, 3.8) is 0 Å². The van der Waals surface area contributed by atoms with Crippen LogP contribution in [0.2, 0.25) is 0 Å². The van der Waals surface area contributed by atoms with Gasteiger partial charge in [-0.3, -0.25) is 0 Å². The zero-order valence-corrected chi connectivity index (χ0v) is 4.17. The zero-order chi connectivity index (χ0) is 4.12. The van der Waals surface area contributed by atoms with Crippen molar-refractivity contribution < 1.29 is 0 Å². The zero-order valence-electron chi connectivity index (χ0n) is 3.02. The molecule has 0 aliphatic rings. The number of allylic oxidation sites excluding steroid dienone is 2. The van der Waals surface area contributed by atoms with Gasteiger partial charge in [0.1, 0.15) is 0 Å². The predicted octanol–water partition coefficient (Wildman–Crippen LogP) is 1.56. The van der Waals surface area contributed by atoms with Gasteiger partial charge in [0.2, 0.25) is 0 Å². The molecule has 0 saturated carbocycles. The Kier molecular flexibility index (Phi) is 3.84. The van der Waals surface area contributed by atoms with E-state index in [0.717, 1.165) is 0 Å². The van der Waals surface area contributed by atoms with Gasteiger partial charge in [0.25, 0.3) is 0 Å². The molecule has 0 radical (unpaired) electrons. The second kappa shape index (κ2) is 3.91. The van der Waals surface area contributed by atoms with Crippen LogP contribution in [0, 0.1) is 0 Å². The number of hydrogen-bond acceptors (Lipinski definition) is 0. The van der Waals surface area contributed by atoms with E-state index < -0.39 is 0 Å². The first kappa shape index (κ1) is 4.91. The van der Waals surface area contributed by atoms with Crippen molar-refractivity contribution in [2.45, 2.75) is 0 Å². The second-order valence-electron chi connectivity index (χ2n) is 0.621. The molecule has 0 aromatic rings. The van der Waals surface area contributed by atoms with E-state index in [1.165, 1.54) is 0 Å². The van der Waals surface area contributed by atoms with E-state index in [9.17, 15) is 0 Å². The maximum atomic E-state index is 3.45. The molecule has 0 nitrogen and oxygen atoms in total. The first-order chi connectivity index (χ1) is 2.41. The third kappa shape index (κ3) is 3.91. The lowest BCUT2D eigenvalue weighted by Crippen LogP contribution is -1.28. The number of rotatable bonds is 1. The Balaban J connectivity index is 2.92. The summed E-state index contributed by atoms with van der Waals surface area (Å²) in [6.45, 7) is 3.45. The minimum absolute atomic E-state index is 1.73. The molecule has 1 unspecified atom stereocenters. The van der Waals surface area contributed by atoms with Crippen LogP contribution in [0.15, 0.2) is 24.5 Å². The molecule has 0 bridgehead atoms. The van der Waals surface area contributed by atoms with Crippen molar-refractivity contribution >= 4 is 9.24 Å². The lowest BCUT2D eigenvalue weighted by molar-refractivity contribution is 2.12. The highest BCUT2D eigenvalue weighted by molar-refractivity contribution is 7.20. The van der Waals surface area contributed by atoms with Crippen molar-refractivity contribution in [2.24, 2.45) is 0 Å². The molecule has 0 aliphatic heterocycles. The fourth-order valence-electron chi connectivity index (χ4n) is 0.0786. The van der Waals surface area contributed by atoms with Crippen molar-refractivity contribution in [1.82, 2.24) is 0 Å². The normalized spacial score (nSPS) is 9.00. The third-order valence-corrected chi connectivity index (χ3v) is 0.469. The van der Waals surface area contributed by atoms with E-state index in [1.807, 2.05) is 11.9 Å². The van der Waals surface area contributed by atoms with Gasteiger partial charge in [-0.25, -0.2) is 0 Å². The van der Waals surface area contributed by atoms with Crippen LogP contribution in [0.25, 0.3) is 0 Å². The topological polar surface area (TPSA) is 0 Å². The minimum atomic E-state index is 1.73. The molecule has 0 fully saturated rings. The first-order valence-corrected chi connectivity index (χ1v) is 2.07. The molecule has 0 spiro atoms. The maximum Gasteiger partial charge on any atom is -0.0629 e. The lowest BCUT2D eigenvalue weighted by Gasteiger charge is -1.56. The van der Waals surface area contributed by atoms with Gasteiger partial charge in [-0.1, -0.05) is 24.5 Å². The lowest BCUT2D eigenvalue weighted by atomic mass is 10.6. The van der Waals surface area contributed by atoms with Crippen LogP contribution < -0.4 is 0 Å². The molecule has 0 aromatic carbocycles. The van der Waals surface area contributed by atoms with Gasteiger partial charge >= 0.3 is 0 Å². The summed E-state index contributed by atoms with van der Waals surface area (Å²) in [5.74, 6) is 1.85. The Morgan fingerprint density at radius 1 is 1.60 bits per heavy atom. The van der Waals surface area contributed by atoms with Gasteiger partial charge in [0, 0.05) is 0 Å². The van der Waals surface area contributed by atoms with E-state index in [1.54, 1.807) is 6.08 Å². The van der Waals surface area contributed by atoms with E-state index in [-0.39, 0.29) is 0 Å². The smallest absolute Gasteiger partial charge is 0.0629 e. The highest BCUT2D eigenvalue weighted by atomic mass is 31.0. The molecule has 28 valence electrons. The monoisotopic (exact) mass is 86.0 g/mol. The molecule has 1 heteroatoms. The Labute approximate surface area is 34.8 Å². The van der Waals surface area contributed by atoms with Crippen LogP contribution in [0.5, 0.6) is 0 Å². The van der Waals surface area contributed by atoms with Gasteiger partial charge in [-0.2, -0.15) is 0 Å². The van der Waals surface area contributed by atoms with Crippen molar-refractivity contribution in [2.75, 3.05) is 0 Å². The van der Waals surface area contributed by atoms with Crippen LogP contribution >= 0.6 is 9.24 Å². The Morgan fingerprint density at radius 2 is 2.20 bits per heavy atom. The van der Waals surface area contributed by atoms with Gasteiger partial charge in [-0.05, 0) is 0 Å². The Bertz CT molecular complexity index is 45.6. The highest BCUT2D eigenvalue weighted by Gasteiger charge is 1.41. The summed E-state index contributed by atoms with van der Waals surface area (Å²) in [6, 6.07) is 0. The summed E-state index contributed by atoms with van der Waals surface area (Å²) in [5, 5.41) is 0. The van der Waals surface area contributed by atoms with Crippen LogP contribution in [0.1, 0.15) is 0 Å². The predicted molar refractivity (Wildman–Crippen MR) is 29.0 cm³/mol. The van der Waals surface area contributed by atoms with Crippen LogP contribution in [-0.2, 0) is 0 Å². The fourth-order valence-corrected chi connectivity index (χ4v) is 0.236. The standard InChI is InChI=1S/C4H7P/c1-2-3-4-5/h2-4H,1,5H2/b4-3-. The van der Waals surface area contributed by atoms with Crippen molar-refractivity contribution in [3.8, 4) is 0 Å². The van der Waals surface area contributed by atoms with Gasteiger partial charge in [-0.15, -0.1) is 9.24 Å². The summed E-state index contributed by atoms with van der Waals surface area (Å²) < 4.78 is 0. The van der Waals surface area contributed by atoms with Crippen molar-refractivity contribution in [1.29, 1.82) is 0 Å². The molecule has 0 rings (SSSR count). The van der Waals surface area contributed by atoms with E-state index >= 15 is 0 Å². The average molecular weight is 86.1 g/mol. The molecular formula is C4H7P. The van der Waals surface area contributed by atoms with Gasteiger partial charge in [0.15, 0.2) is 0 Å². The summed E-state index contributed by atoms with van der Waals surface area (Å²) in [7, 11) is 2.45. The molecule has 0 aliphatic carbocycles. The maximum absolute atomic E-state index is 3.45. The Morgan fingerprint density at radius 3 is 2.20 bits per heavy atom. The summed E-state index contributed by atoms with van der Waals surface area (Å²) in [4.78, 5) is 0. The average Bonchev–Trinajstić information content (AvgIpc) is 1.41. The number of hydrogen-bond donors (Lipinski definition) is 0. The van der Waals surface area contributed by atoms with Crippen molar-refractivity contribution in [3.05, 3.63) is 24.5 Å². The molecule has 0 heterocycles. The molecule has 0 N–H and O–H groups in total. The highest BCUT2D eigenvalue weighted by Crippen LogP contribution is 1.79. The molecule has 1 atom stereocenters. The van der Waals surface area contributed by atoms with Gasteiger partial charge < -0.3 is 0 Å². The van der Waals surface area contributed by atoms with Gasteiger partial charge in [0.05, 0.1) is 0 Å². The Hall–Kier alpha value is -0.0900.